The monoisotopic (exact) mass is 412 g/mol. The van der Waals surface area contributed by atoms with Crippen molar-refractivity contribution in [3.8, 4) is 0 Å². The summed E-state index contributed by atoms with van der Waals surface area (Å²) in [5, 5.41) is 0.607. The molecule has 0 saturated carbocycles. The van der Waals surface area contributed by atoms with Crippen molar-refractivity contribution in [2.45, 2.75) is 12.8 Å². The maximum absolute atomic E-state index is 12.7. The van der Waals surface area contributed by atoms with E-state index in [0.29, 0.717) is 10.6 Å². The number of hydrogen-bond acceptors (Lipinski definition) is 2. The first kappa shape index (κ1) is 14.7. The molecule has 1 amide bonds. The third-order valence-electron chi connectivity index (χ3n) is 3.63. The normalized spacial score (nSPS) is 13.9. The van der Waals surface area contributed by atoms with Gasteiger partial charge in [-0.1, -0.05) is 11.6 Å². The first-order valence-corrected chi connectivity index (χ1v) is 8.17. The summed E-state index contributed by atoms with van der Waals surface area (Å²) in [6, 6.07) is 11.1. The van der Waals surface area contributed by atoms with Gasteiger partial charge in [0.25, 0.3) is 5.91 Å². The summed E-state index contributed by atoms with van der Waals surface area (Å²) in [5.74, 6) is -0.0148. The third-order valence-corrected chi connectivity index (χ3v) is 5.21. The standard InChI is InChI=1S/C16H14ClIN2O/c17-13-9-11(3-5-14(13)18)16(21)20-7-1-2-10-8-12(19)4-6-15(10)20/h3-6,8-9H,1-2,7,19H2. The molecule has 0 atom stereocenters. The topological polar surface area (TPSA) is 46.3 Å². The number of carbonyl (C=O) groups excluding carboxylic acids is 1. The number of fused-ring (bicyclic) bond motifs is 1. The van der Waals surface area contributed by atoms with Crippen molar-refractivity contribution in [1.82, 2.24) is 0 Å². The smallest absolute Gasteiger partial charge is 0.258 e. The molecule has 5 heteroatoms. The molecule has 2 aromatic rings. The van der Waals surface area contributed by atoms with E-state index in [1.54, 1.807) is 6.07 Å². The number of anilines is 2. The number of benzene rings is 2. The molecular formula is C16H14ClIN2O. The van der Waals surface area contributed by atoms with Crippen LogP contribution in [-0.4, -0.2) is 12.5 Å². The van der Waals surface area contributed by atoms with Crippen LogP contribution in [0.15, 0.2) is 36.4 Å². The lowest BCUT2D eigenvalue weighted by molar-refractivity contribution is 0.0985. The second kappa shape index (κ2) is 5.85. The van der Waals surface area contributed by atoms with E-state index in [1.807, 2.05) is 35.2 Å². The average molecular weight is 413 g/mol. The molecule has 21 heavy (non-hydrogen) atoms. The minimum atomic E-state index is -0.0148. The van der Waals surface area contributed by atoms with E-state index in [2.05, 4.69) is 22.6 Å². The van der Waals surface area contributed by atoms with Crippen LogP contribution in [0, 0.1) is 3.57 Å². The van der Waals surface area contributed by atoms with Gasteiger partial charge in [0.05, 0.1) is 5.02 Å². The molecule has 3 nitrogen and oxygen atoms in total. The number of carbonyl (C=O) groups is 1. The molecule has 1 heterocycles. The van der Waals surface area contributed by atoms with Crippen LogP contribution in [0.4, 0.5) is 11.4 Å². The number of rotatable bonds is 1. The summed E-state index contributed by atoms with van der Waals surface area (Å²) in [6.07, 6.45) is 1.90. The molecule has 3 rings (SSSR count). The van der Waals surface area contributed by atoms with Gasteiger partial charge in [-0.25, -0.2) is 0 Å². The molecule has 1 aliphatic rings. The molecule has 0 aliphatic carbocycles. The van der Waals surface area contributed by atoms with Crippen LogP contribution in [0.25, 0.3) is 0 Å². The summed E-state index contributed by atoms with van der Waals surface area (Å²) in [4.78, 5) is 14.6. The molecule has 108 valence electrons. The Bertz CT molecular complexity index is 717. The highest BCUT2D eigenvalue weighted by molar-refractivity contribution is 14.1. The van der Waals surface area contributed by atoms with E-state index in [-0.39, 0.29) is 5.91 Å². The number of amides is 1. The van der Waals surface area contributed by atoms with E-state index < -0.39 is 0 Å². The number of hydrogen-bond donors (Lipinski definition) is 1. The maximum atomic E-state index is 12.7. The average Bonchev–Trinajstić information content (AvgIpc) is 2.48. The second-order valence-electron chi connectivity index (χ2n) is 5.08. The fourth-order valence-corrected chi connectivity index (χ4v) is 3.13. The highest BCUT2D eigenvalue weighted by Crippen LogP contribution is 2.30. The van der Waals surface area contributed by atoms with Crippen LogP contribution >= 0.6 is 34.2 Å². The molecule has 2 aromatic carbocycles. The van der Waals surface area contributed by atoms with Gasteiger partial charge in [-0.2, -0.15) is 0 Å². The quantitative estimate of drug-likeness (QED) is 0.566. The Balaban J connectivity index is 1.98. The Morgan fingerprint density at radius 2 is 2.05 bits per heavy atom. The zero-order valence-corrected chi connectivity index (χ0v) is 14.2. The second-order valence-corrected chi connectivity index (χ2v) is 6.65. The molecule has 0 saturated heterocycles. The van der Waals surface area contributed by atoms with E-state index in [0.717, 1.165) is 39.9 Å². The van der Waals surface area contributed by atoms with E-state index >= 15 is 0 Å². The highest BCUT2D eigenvalue weighted by atomic mass is 127. The first-order valence-electron chi connectivity index (χ1n) is 6.71. The van der Waals surface area contributed by atoms with Crippen molar-refractivity contribution in [3.05, 3.63) is 56.1 Å². The predicted octanol–water partition coefficient (Wildman–Crippen LogP) is 4.12. The Morgan fingerprint density at radius 3 is 2.81 bits per heavy atom. The predicted molar refractivity (Wildman–Crippen MR) is 95.0 cm³/mol. The first-order chi connectivity index (χ1) is 10.1. The maximum Gasteiger partial charge on any atom is 0.258 e. The summed E-state index contributed by atoms with van der Waals surface area (Å²) >= 11 is 8.28. The van der Waals surface area contributed by atoms with Crippen LogP contribution < -0.4 is 10.6 Å². The summed E-state index contributed by atoms with van der Waals surface area (Å²) in [7, 11) is 0. The lowest BCUT2D eigenvalue weighted by Gasteiger charge is -2.30. The van der Waals surface area contributed by atoms with Gasteiger partial charge in [0.2, 0.25) is 0 Å². The van der Waals surface area contributed by atoms with Crippen LogP contribution in [0.2, 0.25) is 5.02 Å². The van der Waals surface area contributed by atoms with Crippen molar-refractivity contribution in [2.24, 2.45) is 0 Å². The number of nitrogens with two attached hydrogens (primary N) is 1. The molecular weight excluding hydrogens is 399 g/mol. The lowest BCUT2D eigenvalue weighted by atomic mass is 10.00. The van der Waals surface area contributed by atoms with Crippen molar-refractivity contribution in [3.63, 3.8) is 0 Å². The van der Waals surface area contributed by atoms with E-state index in [1.165, 1.54) is 0 Å². The summed E-state index contributed by atoms with van der Waals surface area (Å²) < 4.78 is 0.942. The van der Waals surface area contributed by atoms with Gasteiger partial charge < -0.3 is 10.6 Å². The molecule has 0 aromatic heterocycles. The Kier molecular flexibility index (Phi) is 4.08. The Hall–Kier alpha value is -1.27. The number of halogens is 2. The van der Waals surface area contributed by atoms with Crippen LogP contribution in [0.1, 0.15) is 22.3 Å². The van der Waals surface area contributed by atoms with Crippen LogP contribution in [-0.2, 0) is 6.42 Å². The van der Waals surface area contributed by atoms with Gasteiger partial charge >= 0.3 is 0 Å². The largest absolute Gasteiger partial charge is 0.399 e. The van der Waals surface area contributed by atoms with E-state index in [4.69, 9.17) is 17.3 Å². The Labute approximate surface area is 142 Å². The minimum Gasteiger partial charge on any atom is -0.399 e. The number of nitrogen functional groups attached to an aromatic ring is 1. The van der Waals surface area contributed by atoms with Gasteiger partial charge in [0, 0.05) is 27.1 Å². The summed E-state index contributed by atoms with van der Waals surface area (Å²) in [6.45, 7) is 0.722. The molecule has 1 aliphatic heterocycles. The fraction of sp³-hybridized carbons (Fsp3) is 0.188. The van der Waals surface area contributed by atoms with Crippen molar-refractivity contribution >= 4 is 51.5 Å². The van der Waals surface area contributed by atoms with Gasteiger partial charge in [0.15, 0.2) is 0 Å². The van der Waals surface area contributed by atoms with Crippen LogP contribution in [0.5, 0.6) is 0 Å². The van der Waals surface area contributed by atoms with Crippen molar-refractivity contribution < 1.29 is 4.79 Å². The zero-order valence-electron chi connectivity index (χ0n) is 11.3. The number of nitrogens with zero attached hydrogens (tertiary/aromatic N) is 1. The highest BCUT2D eigenvalue weighted by Gasteiger charge is 2.24. The van der Waals surface area contributed by atoms with Gasteiger partial charge in [-0.15, -0.1) is 0 Å². The number of aryl methyl sites for hydroxylation is 1. The van der Waals surface area contributed by atoms with Gasteiger partial charge in [-0.3, -0.25) is 4.79 Å². The van der Waals surface area contributed by atoms with Crippen molar-refractivity contribution in [1.29, 1.82) is 0 Å². The van der Waals surface area contributed by atoms with Gasteiger partial charge in [-0.05, 0) is 77.4 Å². The SMILES string of the molecule is Nc1ccc2c(c1)CCCN2C(=O)c1ccc(I)c(Cl)c1. The molecule has 0 unspecified atom stereocenters. The van der Waals surface area contributed by atoms with Crippen molar-refractivity contribution in [2.75, 3.05) is 17.2 Å². The lowest BCUT2D eigenvalue weighted by Crippen LogP contribution is -2.35. The molecule has 2 N–H and O–H groups in total. The van der Waals surface area contributed by atoms with E-state index in [9.17, 15) is 4.79 Å². The Morgan fingerprint density at radius 1 is 1.24 bits per heavy atom. The zero-order chi connectivity index (χ0) is 15.0. The third kappa shape index (κ3) is 2.87. The molecule has 0 fully saturated rings. The summed E-state index contributed by atoms with van der Waals surface area (Å²) in [5.41, 5.74) is 9.27. The molecule has 0 radical (unpaired) electrons. The van der Waals surface area contributed by atoms with Gasteiger partial charge in [0.1, 0.15) is 0 Å². The minimum absolute atomic E-state index is 0.0148. The fourth-order valence-electron chi connectivity index (χ4n) is 2.61. The molecule has 0 spiro atoms. The van der Waals surface area contributed by atoms with Crippen LogP contribution in [0.3, 0.4) is 0 Å². The molecule has 0 bridgehead atoms.